The molecule has 2 heterocycles. The molecule has 0 spiro atoms. The zero-order valence-corrected chi connectivity index (χ0v) is 15.6. The summed E-state index contributed by atoms with van der Waals surface area (Å²) >= 11 is 0. The number of rotatable bonds is 6. The van der Waals surface area contributed by atoms with E-state index in [1.54, 1.807) is 26.4 Å². The quantitative estimate of drug-likeness (QED) is 0.449. The molecule has 1 aromatic rings. The van der Waals surface area contributed by atoms with Gasteiger partial charge < -0.3 is 20.4 Å². The third-order valence-electron chi connectivity index (χ3n) is 4.00. The molecule has 1 unspecified atom stereocenters. The Bertz CT molecular complexity index is 675. The van der Waals surface area contributed by atoms with E-state index in [1.807, 2.05) is 11.8 Å². The molecular weight excluding hydrogens is 335 g/mol. The highest BCUT2D eigenvalue weighted by atomic mass is 19.1. The Balaban J connectivity index is 1.99. The second kappa shape index (κ2) is 9.17. The summed E-state index contributed by atoms with van der Waals surface area (Å²) in [6, 6.07) is 3.08. The van der Waals surface area contributed by atoms with Crippen molar-refractivity contribution < 1.29 is 9.18 Å². The second-order valence-corrected chi connectivity index (χ2v) is 6.65. The van der Waals surface area contributed by atoms with E-state index in [0.29, 0.717) is 31.4 Å². The van der Waals surface area contributed by atoms with Gasteiger partial charge in [-0.2, -0.15) is 0 Å². The largest absolute Gasteiger partial charge is 0.353 e. The Morgan fingerprint density at radius 1 is 1.54 bits per heavy atom. The summed E-state index contributed by atoms with van der Waals surface area (Å²) in [7, 11) is 3.39. The Morgan fingerprint density at radius 3 is 2.96 bits per heavy atom. The zero-order valence-electron chi connectivity index (χ0n) is 15.6. The van der Waals surface area contributed by atoms with Gasteiger partial charge in [0.2, 0.25) is 5.91 Å². The third-order valence-corrected chi connectivity index (χ3v) is 4.00. The van der Waals surface area contributed by atoms with Crippen LogP contribution in [0, 0.1) is 5.82 Å². The van der Waals surface area contributed by atoms with Crippen LogP contribution >= 0.6 is 0 Å². The molecule has 142 valence electrons. The van der Waals surface area contributed by atoms with E-state index in [-0.39, 0.29) is 24.3 Å². The molecule has 2 rings (SSSR count). The monoisotopic (exact) mass is 362 g/mol. The van der Waals surface area contributed by atoms with E-state index in [2.05, 4.69) is 27.2 Å². The molecule has 1 saturated heterocycles. The third kappa shape index (κ3) is 5.72. The van der Waals surface area contributed by atoms with Gasteiger partial charge in [0.05, 0.1) is 0 Å². The number of likely N-dealkylation sites (N-methyl/N-ethyl adjacent to an activating group) is 1. The van der Waals surface area contributed by atoms with Crippen LogP contribution < -0.4 is 15.5 Å². The van der Waals surface area contributed by atoms with Gasteiger partial charge in [0.1, 0.15) is 6.54 Å². The number of guanidine groups is 1. The number of hydrogen-bond acceptors (Lipinski definition) is 4. The Morgan fingerprint density at radius 2 is 2.31 bits per heavy atom. The molecule has 2 N–H and O–H groups in total. The first-order valence-corrected chi connectivity index (χ1v) is 8.61. The fourth-order valence-electron chi connectivity index (χ4n) is 2.55. The highest BCUT2D eigenvalue weighted by molar-refractivity contribution is 5.85. The molecule has 0 aliphatic carbocycles. The standard InChI is InChI=1S/C18H27FN6O/c1-13(2)10-21-18(22-11-16(26)24(3)4)23-14-7-9-25(12-14)17-15(19)6-5-8-20-17/h5-6,8,14H,1,7,9-12H2,2-4H3,(H2,21,22,23). The Kier molecular flexibility index (Phi) is 6.94. The molecule has 1 aliphatic heterocycles. The van der Waals surface area contributed by atoms with E-state index in [1.165, 1.54) is 11.0 Å². The lowest BCUT2D eigenvalue weighted by Gasteiger charge is -2.20. The molecule has 1 atom stereocenters. The van der Waals surface area contributed by atoms with E-state index in [9.17, 15) is 9.18 Å². The molecular formula is C18H27FN6O. The van der Waals surface area contributed by atoms with Crippen LogP contribution in [0.4, 0.5) is 10.2 Å². The molecule has 0 aromatic carbocycles. The van der Waals surface area contributed by atoms with Crippen molar-refractivity contribution in [1.29, 1.82) is 0 Å². The number of carbonyl (C=O) groups is 1. The average Bonchev–Trinajstić information content (AvgIpc) is 3.05. The minimum Gasteiger partial charge on any atom is -0.353 e. The molecule has 7 nitrogen and oxygen atoms in total. The van der Waals surface area contributed by atoms with Crippen molar-refractivity contribution in [2.45, 2.75) is 19.4 Å². The topological polar surface area (TPSA) is 72.9 Å². The van der Waals surface area contributed by atoms with Crippen molar-refractivity contribution >= 4 is 17.7 Å². The maximum atomic E-state index is 13.9. The number of aromatic nitrogens is 1. The number of halogens is 1. The predicted octanol–water partition coefficient (Wildman–Crippen LogP) is 0.999. The van der Waals surface area contributed by atoms with Gasteiger partial charge in [-0.15, -0.1) is 0 Å². The van der Waals surface area contributed by atoms with Gasteiger partial charge in [-0.1, -0.05) is 12.2 Å². The van der Waals surface area contributed by atoms with E-state index in [0.717, 1.165) is 12.0 Å². The highest BCUT2D eigenvalue weighted by Crippen LogP contribution is 2.20. The van der Waals surface area contributed by atoms with Crippen molar-refractivity contribution in [3.8, 4) is 0 Å². The zero-order chi connectivity index (χ0) is 19.1. The molecule has 1 fully saturated rings. The molecule has 0 bridgehead atoms. The number of nitrogens with zero attached hydrogens (tertiary/aromatic N) is 4. The maximum absolute atomic E-state index is 13.9. The van der Waals surface area contributed by atoms with Crippen molar-refractivity contribution in [1.82, 2.24) is 20.5 Å². The summed E-state index contributed by atoms with van der Waals surface area (Å²) in [6.45, 7) is 7.72. The van der Waals surface area contributed by atoms with Crippen molar-refractivity contribution in [2.75, 3.05) is 45.2 Å². The first-order chi connectivity index (χ1) is 12.4. The minimum absolute atomic E-state index is 0.0594. The second-order valence-electron chi connectivity index (χ2n) is 6.65. The number of hydrogen-bond donors (Lipinski definition) is 2. The van der Waals surface area contributed by atoms with Crippen molar-refractivity contribution in [2.24, 2.45) is 4.99 Å². The lowest BCUT2D eigenvalue weighted by molar-refractivity contribution is -0.127. The van der Waals surface area contributed by atoms with Crippen LogP contribution in [0.15, 0.2) is 35.5 Å². The van der Waals surface area contributed by atoms with Gasteiger partial charge in [0, 0.05) is 46.0 Å². The molecule has 1 aromatic heterocycles. The van der Waals surface area contributed by atoms with E-state index in [4.69, 9.17) is 0 Å². The van der Waals surface area contributed by atoms with Crippen molar-refractivity contribution in [3.63, 3.8) is 0 Å². The minimum atomic E-state index is -0.320. The Labute approximate surface area is 154 Å². The lowest BCUT2D eigenvalue weighted by atomic mass is 10.3. The first-order valence-electron chi connectivity index (χ1n) is 8.61. The summed E-state index contributed by atoms with van der Waals surface area (Å²) in [4.78, 5) is 23.7. The number of amides is 1. The highest BCUT2D eigenvalue weighted by Gasteiger charge is 2.26. The normalized spacial score (nSPS) is 17.2. The van der Waals surface area contributed by atoms with E-state index < -0.39 is 0 Å². The number of pyridine rings is 1. The van der Waals surface area contributed by atoms with Crippen LogP contribution in [-0.4, -0.2) is 68.1 Å². The molecule has 0 saturated carbocycles. The summed E-state index contributed by atoms with van der Waals surface area (Å²) < 4.78 is 13.9. The van der Waals surface area contributed by atoms with Gasteiger partial charge in [0.25, 0.3) is 0 Å². The van der Waals surface area contributed by atoms with Gasteiger partial charge in [0.15, 0.2) is 17.6 Å². The molecule has 0 radical (unpaired) electrons. The fraction of sp³-hybridized carbons (Fsp3) is 0.500. The number of nitrogens with one attached hydrogen (secondary N) is 2. The SMILES string of the molecule is C=C(C)CNC(=NCC(=O)N(C)C)NC1CCN(c2ncccc2F)C1. The van der Waals surface area contributed by atoms with Gasteiger partial charge >= 0.3 is 0 Å². The maximum Gasteiger partial charge on any atom is 0.243 e. The molecule has 8 heteroatoms. The van der Waals surface area contributed by atoms with Gasteiger partial charge in [-0.05, 0) is 25.5 Å². The lowest BCUT2D eigenvalue weighted by Crippen LogP contribution is -2.45. The van der Waals surface area contributed by atoms with Crippen LogP contribution in [0.1, 0.15) is 13.3 Å². The summed E-state index contributed by atoms with van der Waals surface area (Å²) in [5, 5.41) is 6.49. The summed E-state index contributed by atoms with van der Waals surface area (Å²) in [5.74, 6) is 0.522. The average molecular weight is 362 g/mol. The van der Waals surface area contributed by atoms with Gasteiger partial charge in [-0.3, -0.25) is 4.79 Å². The predicted molar refractivity (Wildman–Crippen MR) is 102 cm³/mol. The first kappa shape index (κ1) is 19.7. The van der Waals surface area contributed by atoms with Crippen LogP contribution in [0.2, 0.25) is 0 Å². The Hall–Kier alpha value is -2.64. The fourth-order valence-corrected chi connectivity index (χ4v) is 2.55. The van der Waals surface area contributed by atoms with Crippen LogP contribution in [0.25, 0.3) is 0 Å². The smallest absolute Gasteiger partial charge is 0.243 e. The molecule has 1 amide bonds. The number of anilines is 1. The molecule has 26 heavy (non-hydrogen) atoms. The summed E-state index contributed by atoms with van der Waals surface area (Å²) in [6.07, 6.45) is 2.42. The number of carbonyl (C=O) groups excluding carboxylic acids is 1. The van der Waals surface area contributed by atoms with E-state index >= 15 is 0 Å². The summed E-state index contributed by atoms with van der Waals surface area (Å²) in [5.41, 5.74) is 0.960. The van der Waals surface area contributed by atoms with Gasteiger partial charge in [-0.25, -0.2) is 14.4 Å². The molecule has 1 aliphatic rings. The van der Waals surface area contributed by atoms with Crippen molar-refractivity contribution in [3.05, 3.63) is 36.3 Å². The number of aliphatic imine (C=N–C) groups is 1. The van der Waals surface area contributed by atoms with Crippen LogP contribution in [-0.2, 0) is 4.79 Å². The van der Waals surface area contributed by atoms with Crippen LogP contribution in [0.3, 0.4) is 0 Å². The van der Waals surface area contributed by atoms with Crippen LogP contribution in [0.5, 0.6) is 0 Å².